The molecule has 0 fully saturated rings. The summed E-state index contributed by atoms with van der Waals surface area (Å²) in [6.07, 6.45) is 1.53. The molecule has 0 saturated heterocycles. The lowest BCUT2D eigenvalue weighted by Crippen LogP contribution is -2.01. The van der Waals surface area contributed by atoms with E-state index >= 15 is 0 Å². The van der Waals surface area contributed by atoms with Crippen molar-refractivity contribution >= 4 is 49.6 Å². The van der Waals surface area contributed by atoms with Crippen LogP contribution in [0, 0.1) is 0 Å². The molecule has 30 heavy (non-hydrogen) atoms. The third-order valence-electron chi connectivity index (χ3n) is 4.45. The normalized spacial score (nSPS) is 11.9. The minimum Gasteiger partial charge on any atom is -0.396 e. The van der Waals surface area contributed by atoms with E-state index in [0.29, 0.717) is 21.5 Å². The number of pyridine rings is 1. The van der Waals surface area contributed by atoms with Gasteiger partial charge in [0.05, 0.1) is 17.6 Å². The van der Waals surface area contributed by atoms with Crippen LogP contribution in [0.2, 0.25) is 5.02 Å². The highest BCUT2D eigenvalue weighted by molar-refractivity contribution is 7.86. The molecule has 3 N–H and O–H groups in total. The molecule has 0 saturated carbocycles. The smallest absolute Gasteiger partial charge is 0.295 e. The van der Waals surface area contributed by atoms with Crippen LogP contribution in [0.1, 0.15) is 0 Å². The summed E-state index contributed by atoms with van der Waals surface area (Å²) in [5, 5.41) is 9.55. The van der Waals surface area contributed by atoms with Crippen molar-refractivity contribution in [2.24, 2.45) is 10.2 Å². The summed E-state index contributed by atoms with van der Waals surface area (Å²) >= 11 is 6.01. The number of anilines is 1. The summed E-state index contributed by atoms with van der Waals surface area (Å²) in [5.74, 6) is 0. The molecule has 150 valence electrons. The quantitative estimate of drug-likeness (QED) is 0.237. The average molecular weight is 439 g/mol. The number of azo groups is 1. The highest BCUT2D eigenvalue weighted by atomic mass is 35.5. The molecule has 4 aromatic rings. The van der Waals surface area contributed by atoms with Crippen LogP contribution in [-0.4, -0.2) is 18.0 Å². The summed E-state index contributed by atoms with van der Waals surface area (Å²) in [6, 6.07) is 18.6. The molecule has 0 spiro atoms. The molecule has 0 amide bonds. The van der Waals surface area contributed by atoms with E-state index in [1.165, 1.54) is 12.3 Å². The maximum absolute atomic E-state index is 11.8. The largest absolute Gasteiger partial charge is 0.396 e. The second-order valence-electron chi connectivity index (χ2n) is 6.44. The van der Waals surface area contributed by atoms with Gasteiger partial charge >= 0.3 is 0 Å². The first kappa shape index (κ1) is 20.0. The molecule has 1 heterocycles. The van der Waals surface area contributed by atoms with E-state index in [-0.39, 0.29) is 16.3 Å². The Kier molecular flexibility index (Phi) is 5.21. The molecule has 0 bridgehead atoms. The molecule has 0 aliphatic heterocycles. The van der Waals surface area contributed by atoms with Gasteiger partial charge in [-0.2, -0.15) is 8.42 Å². The number of nitrogens with two attached hydrogens (primary N) is 1. The number of aromatic nitrogens is 1. The Morgan fingerprint density at radius 2 is 1.70 bits per heavy atom. The molecule has 4 rings (SSSR count). The van der Waals surface area contributed by atoms with Crippen molar-refractivity contribution in [3.05, 3.63) is 77.9 Å². The molecule has 7 nitrogen and oxygen atoms in total. The highest BCUT2D eigenvalue weighted by Gasteiger charge is 2.18. The summed E-state index contributed by atoms with van der Waals surface area (Å²) in [5.41, 5.74) is 8.56. The van der Waals surface area contributed by atoms with Gasteiger partial charge in [-0.25, -0.2) is 0 Å². The van der Waals surface area contributed by atoms with Crippen LogP contribution in [0.15, 0.2) is 88.1 Å². The topological polar surface area (TPSA) is 118 Å². The van der Waals surface area contributed by atoms with Gasteiger partial charge in [-0.1, -0.05) is 48.0 Å². The number of rotatable bonds is 4. The van der Waals surface area contributed by atoms with Gasteiger partial charge in [0.25, 0.3) is 10.1 Å². The van der Waals surface area contributed by atoms with Gasteiger partial charge in [-0.05, 0) is 30.3 Å². The Balaban J connectivity index is 1.71. The van der Waals surface area contributed by atoms with Crippen molar-refractivity contribution in [3.8, 4) is 11.3 Å². The van der Waals surface area contributed by atoms with Crippen LogP contribution in [0.5, 0.6) is 0 Å². The molecule has 0 radical (unpaired) electrons. The molecule has 0 aliphatic carbocycles. The van der Waals surface area contributed by atoms with Crippen molar-refractivity contribution in [1.82, 2.24) is 4.98 Å². The van der Waals surface area contributed by atoms with Gasteiger partial charge in [0, 0.05) is 21.4 Å². The van der Waals surface area contributed by atoms with E-state index in [2.05, 4.69) is 15.2 Å². The van der Waals surface area contributed by atoms with Crippen LogP contribution in [0.3, 0.4) is 0 Å². The maximum atomic E-state index is 11.8. The number of hydrogen-bond acceptors (Lipinski definition) is 6. The molecular formula is C21H15ClN4O3S. The Labute approximate surface area is 177 Å². The minimum absolute atomic E-state index is 0.125. The standard InChI is InChI=1S/C21H15ClN4O3S/c22-14-5-3-4-13(10-14)18-9-8-15(12-24-18)25-26-19-11-20(30(27,28)29)16-6-1-2-7-17(16)21(19)23/h1-12H,23H2,(H,27,28,29)/b26-25+. The summed E-state index contributed by atoms with van der Waals surface area (Å²) in [6.45, 7) is 0. The van der Waals surface area contributed by atoms with Crippen LogP contribution >= 0.6 is 11.6 Å². The summed E-state index contributed by atoms with van der Waals surface area (Å²) in [4.78, 5) is 4.07. The van der Waals surface area contributed by atoms with Gasteiger partial charge in [0.15, 0.2) is 0 Å². The summed E-state index contributed by atoms with van der Waals surface area (Å²) < 4.78 is 33.2. The molecule has 0 unspecified atom stereocenters. The fourth-order valence-corrected chi connectivity index (χ4v) is 3.93. The van der Waals surface area contributed by atoms with Crippen molar-refractivity contribution in [2.45, 2.75) is 4.90 Å². The zero-order valence-corrected chi connectivity index (χ0v) is 17.0. The third-order valence-corrected chi connectivity index (χ3v) is 5.57. The van der Waals surface area contributed by atoms with E-state index in [1.807, 2.05) is 12.1 Å². The average Bonchev–Trinajstić information content (AvgIpc) is 2.73. The van der Waals surface area contributed by atoms with E-state index in [4.69, 9.17) is 17.3 Å². The van der Waals surface area contributed by atoms with E-state index in [9.17, 15) is 13.0 Å². The van der Waals surface area contributed by atoms with Crippen LogP contribution < -0.4 is 5.73 Å². The number of nitrogens with zero attached hydrogens (tertiary/aromatic N) is 3. The monoisotopic (exact) mass is 438 g/mol. The van der Waals surface area contributed by atoms with Gasteiger partial charge in [0.2, 0.25) is 0 Å². The Morgan fingerprint density at radius 3 is 2.37 bits per heavy atom. The van der Waals surface area contributed by atoms with Gasteiger partial charge in [0.1, 0.15) is 16.3 Å². The Morgan fingerprint density at radius 1 is 0.933 bits per heavy atom. The molecule has 0 atom stereocenters. The van der Waals surface area contributed by atoms with E-state index < -0.39 is 10.1 Å². The number of nitrogen functional groups attached to an aromatic ring is 1. The van der Waals surface area contributed by atoms with Gasteiger partial charge in [-0.15, -0.1) is 10.2 Å². The third kappa shape index (κ3) is 4.02. The fraction of sp³-hybridized carbons (Fsp3) is 0. The summed E-state index contributed by atoms with van der Waals surface area (Å²) in [7, 11) is -4.47. The van der Waals surface area contributed by atoms with Crippen molar-refractivity contribution in [3.63, 3.8) is 0 Å². The predicted octanol–water partition coefficient (Wildman–Crippen LogP) is 5.80. The zero-order chi connectivity index (χ0) is 21.3. The van der Waals surface area contributed by atoms with Gasteiger partial charge in [-0.3, -0.25) is 9.54 Å². The lowest BCUT2D eigenvalue weighted by atomic mass is 10.1. The van der Waals surface area contributed by atoms with Crippen molar-refractivity contribution in [2.75, 3.05) is 5.73 Å². The molecule has 3 aromatic carbocycles. The van der Waals surface area contributed by atoms with Crippen LogP contribution in [0.4, 0.5) is 17.1 Å². The Hall–Kier alpha value is -3.33. The van der Waals surface area contributed by atoms with Crippen LogP contribution in [0.25, 0.3) is 22.0 Å². The predicted molar refractivity (Wildman–Crippen MR) is 117 cm³/mol. The van der Waals surface area contributed by atoms with Gasteiger partial charge < -0.3 is 5.73 Å². The van der Waals surface area contributed by atoms with Crippen molar-refractivity contribution in [1.29, 1.82) is 0 Å². The first-order valence-corrected chi connectivity index (χ1v) is 10.6. The molecule has 0 aliphatic rings. The van der Waals surface area contributed by atoms with Crippen LogP contribution in [-0.2, 0) is 10.1 Å². The lowest BCUT2D eigenvalue weighted by Gasteiger charge is -2.09. The number of hydrogen-bond donors (Lipinski definition) is 2. The fourth-order valence-electron chi connectivity index (χ4n) is 3.02. The number of halogens is 1. The first-order valence-electron chi connectivity index (χ1n) is 8.75. The lowest BCUT2D eigenvalue weighted by molar-refractivity contribution is 0.484. The van der Waals surface area contributed by atoms with Crippen molar-refractivity contribution < 1.29 is 13.0 Å². The number of fused-ring (bicyclic) bond motifs is 1. The minimum atomic E-state index is -4.47. The molecule has 9 heteroatoms. The zero-order valence-electron chi connectivity index (χ0n) is 15.4. The molecule has 1 aromatic heterocycles. The Bertz CT molecular complexity index is 1390. The first-order chi connectivity index (χ1) is 14.3. The highest BCUT2D eigenvalue weighted by Crippen LogP contribution is 2.36. The second-order valence-corrected chi connectivity index (χ2v) is 8.27. The number of benzene rings is 3. The molecular weight excluding hydrogens is 424 g/mol. The SMILES string of the molecule is Nc1c(/N=N/c2ccc(-c3cccc(Cl)c3)nc2)cc(S(=O)(=O)O)c2ccccc12. The maximum Gasteiger partial charge on any atom is 0.295 e. The second kappa shape index (κ2) is 7.83. The van der Waals surface area contributed by atoms with E-state index in [0.717, 1.165) is 11.3 Å². The van der Waals surface area contributed by atoms with E-state index in [1.54, 1.807) is 48.5 Å².